The minimum atomic E-state index is -1.16. The highest BCUT2D eigenvalue weighted by Crippen LogP contribution is 2.43. The Bertz CT molecular complexity index is 1400. The maximum Gasteiger partial charge on any atom is 0.300 e. The highest BCUT2D eigenvalue weighted by Gasteiger charge is 2.47. The van der Waals surface area contributed by atoms with Gasteiger partial charge in [0.05, 0.1) is 18.2 Å². The van der Waals surface area contributed by atoms with Crippen LogP contribution in [0.3, 0.4) is 0 Å². The van der Waals surface area contributed by atoms with Crippen LogP contribution >= 0.6 is 0 Å². The van der Waals surface area contributed by atoms with Crippen LogP contribution < -0.4 is 14.4 Å². The quantitative estimate of drug-likeness (QED) is 0.297. The Balaban J connectivity index is 1.67. The number of ether oxygens (including phenoxy) is 2. The molecule has 2 aliphatic rings. The van der Waals surface area contributed by atoms with E-state index < -0.39 is 29.4 Å². The largest absolute Gasteiger partial charge is 0.507 e. The molecular weight excluding hydrogens is 468 g/mol. The molecule has 2 aliphatic heterocycles. The Hall–Kier alpha value is -4.20. The van der Waals surface area contributed by atoms with Crippen LogP contribution in [-0.2, 0) is 16.0 Å². The average molecular weight is 491 g/mol. The van der Waals surface area contributed by atoms with Crippen molar-refractivity contribution in [2.24, 2.45) is 0 Å². The number of aliphatic hydroxyl groups is 1. The summed E-state index contributed by atoms with van der Waals surface area (Å²) >= 11 is 0. The summed E-state index contributed by atoms with van der Waals surface area (Å²) in [6, 6.07) is 13.6. The molecule has 0 spiro atoms. The highest BCUT2D eigenvalue weighted by atomic mass is 19.2. The molecular formula is C28H23F2NO5. The zero-order chi connectivity index (χ0) is 25.6. The summed E-state index contributed by atoms with van der Waals surface area (Å²) in [7, 11) is 0. The van der Waals surface area contributed by atoms with Gasteiger partial charge in [-0.2, -0.15) is 0 Å². The van der Waals surface area contributed by atoms with Crippen LogP contribution in [0.2, 0.25) is 0 Å². The van der Waals surface area contributed by atoms with Crippen LogP contribution in [-0.4, -0.2) is 29.5 Å². The summed E-state index contributed by atoms with van der Waals surface area (Å²) in [5, 5.41) is 11.3. The molecule has 1 saturated heterocycles. The van der Waals surface area contributed by atoms with Gasteiger partial charge in [0, 0.05) is 23.7 Å². The van der Waals surface area contributed by atoms with E-state index in [0.717, 1.165) is 22.6 Å². The van der Waals surface area contributed by atoms with E-state index >= 15 is 0 Å². The summed E-state index contributed by atoms with van der Waals surface area (Å²) in [4.78, 5) is 27.5. The van der Waals surface area contributed by atoms with Crippen molar-refractivity contribution < 1.29 is 33.0 Å². The minimum Gasteiger partial charge on any atom is -0.507 e. The molecule has 0 bridgehead atoms. The Labute approximate surface area is 206 Å². The number of carbonyl (C=O) groups is 2. The molecule has 1 fully saturated rings. The Kier molecular flexibility index (Phi) is 5.96. The molecule has 3 aromatic carbocycles. The van der Waals surface area contributed by atoms with Gasteiger partial charge in [0.15, 0.2) is 11.6 Å². The van der Waals surface area contributed by atoms with Gasteiger partial charge in [-0.05, 0) is 67.4 Å². The topological polar surface area (TPSA) is 76.1 Å². The zero-order valence-corrected chi connectivity index (χ0v) is 19.6. The fraction of sp³-hybridized carbons (Fsp3) is 0.214. The summed E-state index contributed by atoms with van der Waals surface area (Å²) < 4.78 is 39.0. The van der Waals surface area contributed by atoms with E-state index in [1.165, 1.54) is 6.07 Å². The Morgan fingerprint density at radius 3 is 2.50 bits per heavy atom. The van der Waals surface area contributed by atoms with Gasteiger partial charge < -0.3 is 14.6 Å². The monoisotopic (exact) mass is 491 g/mol. The van der Waals surface area contributed by atoms with E-state index in [2.05, 4.69) is 0 Å². The van der Waals surface area contributed by atoms with Crippen molar-refractivity contribution >= 4 is 23.1 Å². The average Bonchev–Trinajstić information content (AvgIpc) is 3.36. The number of Topliss-reactive ketones (excluding diaryl/α,β-unsaturated/α-hetero) is 1. The lowest BCUT2D eigenvalue weighted by Gasteiger charge is -2.25. The Morgan fingerprint density at radius 1 is 1.06 bits per heavy atom. The molecule has 0 saturated carbocycles. The fourth-order valence-corrected chi connectivity index (χ4v) is 4.69. The number of rotatable bonds is 5. The predicted molar refractivity (Wildman–Crippen MR) is 129 cm³/mol. The van der Waals surface area contributed by atoms with E-state index in [1.807, 2.05) is 13.8 Å². The van der Waals surface area contributed by atoms with Gasteiger partial charge in [-0.3, -0.25) is 14.5 Å². The summed E-state index contributed by atoms with van der Waals surface area (Å²) in [6.07, 6.45) is 0.627. The van der Waals surface area contributed by atoms with Crippen LogP contribution in [0, 0.1) is 11.6 Å². The third-order valence-corrected chi connectivity index (χ3v) is 6.30. The second-order valence-electron chi connectivity index (χ2n) is 8.72. The molecule has 184 valence electrons. The van der Waals surface area contributed by atoms with E-state index in [1.54, 1.807) is 42.5 Å². The van der Waals surface area contributed by atoms with Crippen molar-refractivity contribution in [3.05, 3.63) is 94.6 Å². The number of ketones is 1. The Morgan fingerprint density at radius 2 is 1.81 bits per heavy atom. The maximum atomic E-state index is 14.1. The molecule has 3 aromatic rings. The normalized spacial score (nSPS) is 20.4. The molecule has 2 unspecified atom stereocenters. The molecule has 0 aliphatic carbocycles. The molecule has 1 N–H and O–H groups in total. The zero-order valence-electron chi connectivity index (χ0n) is 19.6. The standard InChI is InChI=1S/C28H23F2NO5/c1-3-35-20-8-4-16(5-9-20)25-24(26(32)17-6-11-23-18(13-17)12-15(2)36-23)27(33)28(34)31(25)19-7-10-21(29)22(30)14-19/h4-11,13-15,25,32H,3,12H2,1-2H3/b26-24-. The van der Waals surface area contributed by atoms with Gasteiger partial charge in [0.1, 0.15) is 23.4 Å². The number of amides is 1. The van der Waals surface area contributed by atoms with Gasteiger partial charge in [0.25, 0.3) is 11.7 Å². The second-order valence-corrected chi connectivity index (χ2v) is 8.72. The van der Waals surface area contributed by atoms with Crippen LogP contribution in [0.4, 0.5) is 14.5 Å². The van der Waals surface area contributed by atoms with Crippen molar-refractivity contribution in [2.75, 3.05) is 11.5 Å². The summed E-state index contributed by atoms with van der Waals surface area (Å²) in [5.41, 5.74) is 1.55. The number of hydrogen-bond acceptors (Lipinski definition) is 5. The second kappa shape index (κ2) is 9.11. The molecule has 36 heavy (non-hydrogen) atoms. The first-order valence-electron chi connectivity index (χ1n) is 11.6. The van der Waals surface area contributed by atoms with Crippen LogP contribution in [0.1, 0.15) is 36.6 Å². The molecule has 1 amide bonds. The molecule has 0 radical (unpaired) electrons. The van der Waals surface area contributed by atoms with Crippen molar-refractivity contribution in [2.45, 2.75) is 32.4 Å². The van der Waals surface area contributed by atoms with Gasteiger partial charge >= 0.3 is 0 Å². The van der Waals surface area contributed by atoms with Crippen LogP contribution in [0.25, 0.3) is 5.76 Å². The van der Waals surface area contributed by atoms with E-state index in [4.69, 9.17) is 9.47 Å². The van der Waals surface area contributed by atoms with Crippen molar-refractivity contribution in [1.29, 1.82) is 0 Å². The molecule has 8 heteroatoms. The predicted octanol–water partition coefficient (Wildman–Crippen LogP) is 5.31. The van der Waals surface area contributed by atoms with Crippen molar-refractivity contribution in [1.82, 2.24) is 0 Å². The van der Waals surface area contributed by atoms with E-state index in [0.29, 0.717) is 35.7 Å². The van der Waals surface area contributed by atoms with Crippen LogP contribution in [0.15, 0.2) is 66.2 Å². The fourth-order valence-electron chi connectivity index (χ4n) is 4.69. The molecule has 2 heterocycles. The van der Waals surface area contributed by atoms with Crippen molar-refractivity contribution in [3.63, 3.8) is 0 Å². The number of carbonyl (C=O) groups excluding carboxylic acids is 2. The third-order valence-electron chi connectivity index (χ3n) is 6.30. The first-order valence-corrected chi connectivity index (χ1v) is 11.6. The number of aliphatic hydroxyl groups excluding tert-OH is 1. The lowest BCUT2D eigenvalue weighted by molar-refractivity contribution is -0.132. The van der Waals surface area contributed by atoms with Crippen molar-refractivity contribution in [3.8, 4) is 11.5 Å². The number of fused-ring (bicyclic) bond motifs is 1. The first-order chi connectivity index (χ1) is 17.3. The lowest BCUT2D eigenvalue weighted by Crippen LogP contribution is -2.29. The number of halogens is 2. The highest BCUT2D eigenvalue weighted by molar-refractivity contribution is 6.51. The van der Waals surface area contributed by atoms with E-state index in [9.17, 15) is 23.5 Å². The molecule has 6 nitrogen and oxygen atoms in total. The summed E-state index contributed by atoms with van der Waals surface area (Å²) in [6.45, 7) is 4.22. The van der Waals surface area contributed by atoms with Gasteiger partial charge in [-0.1, -0.05) is 12.1 Å². The summed E-state index contributed by atoms with van der Waals surface area (Å²) in [5.74, 6) is -3.21. The lowest BCUT2D eigenvalue weighted by atomic mass is 9.94. The maximum absolute atomic E-state index is 14.1. The number of benzene rings is 3. The number of anilines is 1. The van der Waals surface area contributed by atoms with Gasteiger partial charge in [0.2, 0.25) is 0 Å². The minimum absolute atomic E-state index is 0.00915. The van der Waals surface area contributed by atoms with Gasteiger partial charge in [-0.25, -0.2) is 8.78 Å². The third kappa shape index (κ3) is 3.98. The van der Waals surface area contributed by atoms with Gasteiger partial charge in [-0.15, -0.1) is 0 Å². The number of hydrogen-bond donors (Lipinski definition) is 1. The molecule has 0 aromatic heterocycles. The molecule has 5 rings (SSSR count). The smallest absolute Gasteiger partial charge is 0.300 e. The first kappa shape index (κ1) is 23.5. The SMILES string of the molecule is CCOc1ccc(C2/C(=C(/O)c3ccc4c(c3)CC(C)O4)C(=O)C(=O)N2c2ccc(F)c(F)c2)cc1. The van der Waals surface area contributed by atoms with E-state index in [-0.39, 0.29) is 23.1 Å². The number of nitrogens with zero attached hydrogens (tertiary/aromatic N) is 1. The molecule has 2 atom stereocenters. The van der Waals surface area contributed by atoms with Crippen LogP contribution in [0.5, 0.6) is 11.5 Å².